The van der Waals surface area contributed by atoms with Gasteiger partial charge in [0, 0.05) is 15.9 Å². The quantitative estimate of drug-likeness (QED) is 0.464. The zero-order valence-corrected chi connectivity index (χ0v) is 17.7. The number of rotatable bonds is 8. The van der Waals surface area contributed by atoms with Crippen LogP contribution < -0.4 is 15.5 Å². The van der Waals surface area contributed by atoms with E-state index in [1.54, 1.807) is 19.1 Å². The molecule has 148 valence electrons. The van der Waals surface area contributed by atoms with E-state index < -0.39 is 5.91 Å². The van der Waals surface area contributed by atoms with Crippen LogP contribution in [0.2, 0.25) is 0 Å². The summed E-state index contributed by atoms with van der Waals surface area (Å²) in [5.41, 5.74) is 4.76. The summed E-state index contributed by atoms with van der Waals surface area (Å²) in [5, 5.41) is 6.86. The zero-order chi connectivity index (χ0) is 20.5. The molecule has 6 nitrogen and oxygen atoms in total. The number of hydrogen-bond donors (Lipinski definition) is 2. The van der Waals surface area contributed by atoms with Crippen molar-refractivity contribution in [1.82, 2.24) is 5.43 Å². The van der Waals surface area contributed by atoms with Crippen LogP contribution in [-0.2, 0) is 9.59 Å². The van der Waals surface area contributed by atoms with Crippen LogP contribution in [0.15, 0.2) is 58.1 Å². The maximum absolute atomic E-state index is 12.2. The molecule has 0 unspecified atom stereocenters. The van der Waals surface area contributed by atoms with Crippen LogP contribution in [0.25, 0.3) is 0 Å². The predicted molar refractivity (Wildman–Crippen MR) is 115 cm³/mol. The molecule has 0 saturated carbocycles. The first-order valence-corrected chi connectivity index (χ1v) is 9.73. The van der Waals surface area contributed by atoms with Gasteiger partial charge in [-0.2, -0.15) is 5.10 Å². The van der Waals surface area contributed by atoms with Crippen LogP contribution in [0.4, 0.5) is 5.69 Å². The number of benzene rings is 2. The van der Waals surface area contributed by atoms with Crippen molar-refractivity contribution in [1.29, 1.82) is 0 Å². The highest BCUT2D eigenvalue weighted by atomic mass is 79.9. The number of carbonyl (C=O) groups is 2. The van der Waals surface area contributed by atoms with Crippen molar-refractivity contribution in [2.24, 2.45) is 5.10 Å². The maximum Gasteiger partial charge on any atom is 0.277 e. The smallest absolute Gasteiger partial charge is 0.277 e. The molecule has 2 amide bonds. The molecule has 0 bridgehead atoms. The third kappa shape index (κ3) is 7.15. The molecule has 0 aliphatic heterocycles. The van der Waals surface area contributed by atoms with Crippen molar-refractivity contribution in [3.63, 3.8) is 0 Å². The Bertz CT molecular complexity index is 848. The van der Waals surface area contributed by atoms with E-state index in [9.17, 15) is 9.59 Å². The van der Waals surface area contributed by atoms with Gasteiger partial charge in [-0.15, -0.1) is 0 Å². The Morgan fingerprint density at radius 2 is 1.75 bits per heavy atom. The van der Waals surface area contributed by atoms with E-state index in [0.717, 1.165) is 15.7 Å². The maximum atomic E-state index is 12.2. The summed E-state index contributed by atoms with van der Waals surface area (Å²) in [4.78, 5) is 24.1. The number of ether oxygens (including phenoxy) is 1. The predicted octanol–water partition coefficient (Wildman–Crippen LogP) is 4.47. The third-order valence-corrected chi connectivity index (χ3v) is 4.36. The van der Waals surface area contributed by atoms with E-state index in [4.69, 9.17) is 4.74 Å². The molecular weight excluding hydrogens is 422 g/mol. The van der Waals surface area contributed by atoms with Gasteiger partial charge in [-0.05, 0) is 48.7 Å². The minimum Gasteiger partial charge on any atom is -0.484 e. The molecule has 0 aromatic heterocycles. The molecule has 0 heterocycles. The monoisotopic (exact) mass is 445 g/mol. The largest absolute Gasteiger partial charge is 0.484 e. The highest BCUT2D eigenvalue weighted by Crippen LogP contribution is 2.23. The average molecular weight is 446 g/mol. The zero-order valence-electron chi connectivity index (χ0n) is 16.2. The Morgan fingerprint density at radius 3 is 2.43 bits per heavy atom. The summed E-state index contributed by atoms with van der Waals surface area (Å²) in [6.07, 6.45) is 0.0836. The number of halogens is 1. The first-order chi connectivity index (χ1) is 13.3. The minimum absolute atomic E-state index is 0.0836. The van der Waals surface area contributed by atoms with Gasteiger partial charge in [-0.3, -0.25) is 9.59 Å². The number of nitrogens with one attached hydrogen (secondary N) is 2. The van der Waals surface area contributed by atoms with Gasteiger partial charge >= 0.3 is 0 Å². The Labute approximate surface area is 173 Å². The molecule has 28 heavy (non-hydrogen) atoms. The second kappa shape index (κ2) is 10.6. The van der Waals surface area contributed by atoms with Crippen molar-refractivity contribution in [2.45, 2.75) is 33.1 Å². The van der Waals surface area contributed by atoms with Gasteiger partial charge in [-0.25, -0.2) is 5.43 Å². The van der Waals surface area contributed by atoms with Crippen molar-refractivity contribution < 1.29 is 14.3 Å². The van der Waals surface area contributed by atoms with Gasteiger partial charge in [0.15, 0.2) is 6.61 Å². The van der Waals surface area contributed by atoms with Gasteiger partial charge in [0.25, 0.3) is 5.91 Å². The van der Waals surface area contributed by atoms with Gasteiger partial charge in [-0.1, -0.05) is 48.0 Å². The lowest BCUT2D eigenvalue weighted by atomic mass is 10.0. The SMILES string of the molecule is C/C(CC(=O)Nc1ccccc1C(C)C)=N\NC(=O)COc1ccc(Br)cc1. The van der Waals surface area contributed by atoms with E-state index >= 15 is 0 Å². The molecule has 0 atom stereocenters. The van der Waals surface area contributed by atoms with E-state index in [2.05, 4.69) is 45.6 Å². The van der Waals surface area contributed by atoms with Crippen molar-refractivity contribution in [3.05, 3.63) is 58.6 Å². The first-order valence-electron chi connectivity index (χ1n) is 8.94. The third-order valence-electron chi connectivity index (χ3n) is 3.83. The summed E-state index contributed by atoms with van der Waals surface area (Å²) >= 11 is 3.33. The summed E-state index contributed by atoms with van der Waals surface area (Å²) in [7, 11) is 0. The van der Waals surface area contributed by atoms with Gasteiger partial charge in [0.2, 0.25) is 5.91 Å². The topological polar surface area (TPSA) is 79.8 Å². The molecule has 0 fully saturated rings. The van der Waals surface area contributed by atoms with Crippen LogP contribution >= 0.6 is 15.9 Å². The van der Waals surface area contributed by atoms with Crippen molar-refractivity contribution >= 4 is 39.1 Å². The van der Waals surface area contributed by atoms with Crippen LogP contribution in [0.3, 0.4) is 0 Å². The lowest BCUT2D eigenvalue weighted by molar-refractivity contribution is -0.123. The second-order valence-corrected chi connectivity index (χ2v) is 7.51. The molecule has 2 rings (SSSR count). The number of para-hydroxylation sites is 1. The first kappa shape index (κ1) is 21.6. The fourth-order valence-electron chi connectivity index (χ4n) is 2.45. The Balaban J connectivity index is 1.80. The Kier molecular flexibility index (Phi) is 8.19. The van der Waals surface area contributed by atoms with Gasteiger partial charge in [0.1, 0.15) is 5.75 Å². The molecule has 0 radical (unpaired) electrons. The molecule has 0 saturated heterocycles. The molecule has 2 aromatic rings. The van der Waals surface area contributed by atoms with E-state index in [0.29, 0.717) is 17.4 Å². The molecule has 2 N–H and O–H groups in total. The minimum atomic E-state index is -0.396. The summed E-state index contributed by atoms with van der Waals surface area (Å²) in [5.74, 6) is 0.307. The summed E-state index contributed by atoms with van der Waals surface area (Å²) in [6, 6.07) is 14.9. The Hall–Kier alpha value is -2.67. The normalized spacial score (nSPS) is 11.2. The lowest BCUT2D eigenvalue weighted by Crippen LogP contribution is -2.26. The van der Waals surface area contributed by atoms with E-state index in [1.807, 2.05) is 36.4 Å². The molecule has 0 spiro atoms. The number of hydrogen-bond acceptors (Lipinski definition) is 4. The summed E-state index contributed by atoms with van der Waals surface area (Å²) in [6.45, 7) is 5.67. The van der Waals surface area contributed by atoms with Crippen molar-refractivity contribution in [2.75, 3.05) is 11.9 Å². The highest BCUT2D eigenvalue weighted by Gasteiger charge is 2.10. The lowest BCUT2D eigenvalue weighted by Gasteiger charge is -2.13. The average Bonchev–Trinajstić information content (AvgIpc) is 2.66. The fraction of sp³-hybridized carbons (Fsp3) is 0.286. The van der Waals surface area contributed by atoms with E-state index in [-0.39, 0.29) is 18.9 Å². The summed E-state index contributed by atoms with van der Waals surface area (Å²) < 4.78 is 6.30. The van der Waals surface area contributed by atoms with Crippen LogP contribution in [-0.4, -0.2) is 24.1 Å². The number of nitrogens with zero attached hydrogens (tertiary/aromatic N) is 1. The fourth-order valence-corrected chi connectivity index (χ4v) is 2.71. The van der Waals surface area contributed by atoms with E-state index in [1.165, 1.54) is 0 Å². The molecule has 0 aliphatic carbocycles. The molecule has 0 aliphatic rings. The highest BCUT2D eigenvalue weighted by molar-refractivity contribution is 9.10. The molecule has 7 heteroatoms. The standard InChI is InChI=1S/C21H24BrN3O3/c1-14(2)18-6-4-5-7-19(18)23-20(26)12-15(3)24-25-21(27)13-28-17-10-8-16(22)9-11-17/h4-11,14H,12-13H2,1-3H3,(H,23,26)(H,25,27)/b24-15+. The number of anilines is 1. The van der Waals surface area contributed by atoms with Crippen LogP contribution in [0.1, 0.15) is 38.7 Å². The molecular formula is C21H24BrN3O3. The number of amides is 2. The number of hydrazone groups is 1. The Morgan fingerprint density at radius 1 is 1.07 bits per heavy atom. The van der Waals surface area contributed by atoms with Crippen molar-refractivity contribution in [3.8, 4) is 5.75 Å². The second-order valence-electron chi connectivity index (χ2n) is 6.59. The van der Waals surface area contributed by atoms with Gasteiger partial charge in [0.05, 0.1) is 6.42 Å². The van der Waals surface area contributed by atoms with Gasteiger partial charge < -0.3 is 10.1 Å². The number of carbonyl (C=O) groups excluding carboxylic acids is 2. The van der Waals surface area contributed by atoms with Crippen LogP contribution in [0, 0.1) is 0 Å². The van der Waals surface area contributed by atoms with Crippen LogP contribution in [0.5, 0.6) is 5.75 Å². The molecule has 2 aromatic carbocycles.